The summed E-state index contributed by atoms with van der Waals surface area (Å²) in [5.41, 5.74) is 2.96. The number of nitrogens with zero attached hydrogens (tertiary/aromatic N) is 2. The normalized spacial score (nSPS) is 10.2. The second kappa shape index (κ2) is 6.07. The largest absolute Gasteiger partial charge is 0.346 e. The number of carbonyl (C=O) groups excluding carboxylic acids is 1. The molecule has 1 aromatic carbocycles. The molecule has 20 heavy (non-hydrogen) atoms. The minimum atomic E-state index is -0.585. The number of anilines is 1. The third-order valence-corrected chi connectivity index (χ3v) is 2.67. The van der Waals surface area contributed by atoms with Crippen molar-refractivity contribution in [1.29, 1.82) is 0 Å². The van der Waals surface area contributed by atoms with Crippen LogP contribution in [0.2, 0.25) is 0 Å². The molecule has 104 valence electrons. The van der Waals surface area contributed by atoms with Crippen LogP contribution in [-0.4, -0.2) is 15.9 Å². The molecule has 0 fully saturated rings. The number of carbonyl (C=O) groups is 1. The van der Waals surface area contributed by atoms with E-state index in [0.717, 1.165) is 0 Å². The zero-order chi connectivity index (χ0) is 14.5. The summed E-state index contributed by atoms with van der Waals surface area (Å²) >= 11 is 0. The summed E-state index contributed by atoms with van der Waals surface area (Å²) in [5, 5.41) is 2.65. The number of aryl methyl sites for hydroxylation is 1. The van der Waals surface area contributed by atoms with Crippen molar-refractivity contribution in [2.24, 2.45) is 5.84 Å². The van der Waals surface area contributed by atoms with Crippen molar-refractivity contribution >= 4 is 11.6 Å². The molecule has 1 amide bonds. The lowest BCUT2D eigenvalue weighted by Crippen LogP contribution is -2.25. The molecule has 0 aliphatic carbocycles. The van der Waals surface area contributed by atoms with Gasteiger partial charge in [-0.25, -0.2) is 14.4 Å². The Morgan fingerprint density at radius 2 is 2.20 bits per heavy atom. The first-order chi connectivity index (χ1) is 9.61. The van der Waals surface area contributed by atoms with E-state index < -0.39 is 11.7 Å². The van der Waals surface area contributed by atoms with E-state index in [1.165, 1.54) is 18.2 Å². The van der Waals surface area contributed by atoms with E-state index in [4.69, 9.17) is 5.84 Å². The predicted octanol–water partition coefficient (Wildman–Crippen LogP) is 1.14. The summed E-state index contributed by atoms with van der Waals surface area (Å²) in [6.07, 6.45) is 1.61. The first-order valence-electron chi connectivity index (χ1n) is 5.93. The second-order valence-electron chi connectivity index (χ2n) is 4.08. The highest BCUT2D eigenvalue weighted by molar-refractivity contribution is 5.99. The Kier molecular flexibility index (Phi) is 4.21. The van der Waals surface area contributed by atoms with Crippen LogP contribution in [0.3, 0.4) is 0 Å². The van der Waals surface area contributed by atoms with Crippen molar-refractivity contribution in [3.05, 3.63) is 53.4 Å². The Morgan fingerprint density at radius 3 is 2.90 bits per heavy atom. The average Bonchev–Trinajstić information content (AvgIpc) is 2.44. The van der Waals surface area contributed by atoms with Crippen molar-refractivity contribution in [3.63, 3.8) is 0 Å². The van der Waals surface area contributed by atoms with Gasteiger partial charge in [0.15, 0.2) is 0 Å². The molecule has 7 heteroatoms. The van der Waals surface area contributed by atoms with Crippen LogP contribution >= 0.6 is 0 Å². The quantitative estimate of drug-likeness (QED) is 0.574. The SMILES string of the molecule is Cc1nccc(CNC(=O)c2cccc(F)c2NN)n1. The molecule has 4 N–H and O–H groups in total. The van der Waals surface area contributed by atoms with Gasteiger partial charge in [0, 0.05) is 6.20 Å². The number of nitrogens with one attached hydrogen (secondary N) is 2. The third kappa shape index (κ3) is 3.07. The number of rotatable bonds is 4. The summed E-state index contributed by atoms with van der Waals surface area (Å²) in [5.74, 6) is 4.82. The number of hydrogen-bond acceptors (Lipinski definition) is 5. The molecule has 0 unspecified atom stereocenters. The van der Waals surface area contributed by atoms with Crippen molar-refractivity contribution in [2.75, 3.05) is 5.43 Å². The van der Waals surface area contributed by atoms with Crippen molar-refractivity contribution in [1.82, 2.24) is 15.3 Å². The molecule has 0 spiro atoms. The maximum atomic E-state index is 13.5. The monoisotopic (exact) mass is 275 g/mol. The first kappa shape index (κ1) is 13.9. The lowest BCUT2D eigenvalue weighted by atomic mass is 10.1. The Balaban J connectivity index is 2.11. The molecule has 6 nitrogen and oxygen atoms in total. The molecular weight excluding hydrogens is 261 g/mol. The summed E-state index contributed by atoms with van der Waals surface area (Å²) in [7, 11) is 0. The summed E-state index contributed by atoms with van der Waals surface area (Å²) < 4.78 is 13.5. The van der Waals surface area contributed by atoms with Gasteiger partial charge in [-0.1, -0.05) is 6.07 Å². The van der Waals surface area contributed by atoms with E-state index in [9.17, 15) is 9.18 Å². The molecule has 0 saturated carbocycles. The molecule has 0 atom stereocenters. The number of benzene rings is 1. The van der Waals surface area contributed by atoms with Crippen LogP contribution in [-0.2, 0) is 6.54 Å². The van der Waals surface area contributed by atoms with Crippen LogP contribution in [0.15, 0.2) is 30.5 Å². The number of aromatic nitrogens is 2. The van der Waals surface area contributed by atoms with Gasteiger partial charge in [-0.15, -0.1) is 0 Å². The Morgan fingerprint density at radius 1 is 1.40 bits per heavy atom. The van der Waals surface area contributed by atoms with Crippen LogP contribution < -0.4 is 16.6 Å². The predicted molar refractivity (Wildman–Crippen MR) is 72.1 cm³/mol. The fourth-order valence-corrected chi connectivity index (χ4v) is 1.73. The molecule has 2 aromatic rings. The molecule has 0 bridgehead atoms. The maximum Gasteiger partial charge on any atom is 0.253 e. The van der Waals surface area contributed by atoms with Gasteiger partial charge in [-0.3, -0.25) is 10.6 Å². The molecule has 0 aliphatic heterocycles. The molecule has 1 heterocycles. The number of para-hydroxylation sites is 1. The topological polar surface area (TPSA) is 92.9 Å². The fourth-order valence-electron chi connectivity index (χ4n) is 1.73. The van der Waals surface area contributed by atoms with Crippen LogP contribution in [0.5, 0.6) is 0 Å². The smallest absolute Gasteiger partial charge is 0.253 e. The third-order valence-electron chi connectivity index (χ3n) is 2.67. The molecular formula is C13H14FN5O. The highest BCUT2D eigenvalue weighted by Crippen LogP contribution is 2.18. The van der Waals surface area contributed by atoms with Crippen molar-refractivity contribution in [2.45, 2.75) is 13.5 Å². The van der Waals surface area contributed by atoms with E-state index in [1.807, 2.05) is 0 Å². The minimum Gasteiger partial charge on any atom is -0.346 e. The van der Waals surface area contributed by atoms with Crippen LogP contribution in [0.4, 0.5) is 10.1 Å². The number of hydrogen-bond donors (Lipinski definition) is 3. The molecule has 0 aliphatic rings. The van der Waals surface area contributed by atoms with Gasteiger partial charge >= 0.3 is 0 Å². The number of nitrogen functional groups attached to an aromatic ring is 1. The highest BCUT2D eigenvalue weighted by Gasteiger charge is 2.14. The van der Waals surface area contributed by atoms with Gasteiger partial charge in [0.05, 0.1) is 23.5 Å². The Labute approximate surface area is 115 Å². The van der Waals surface area contributed by atoms with Gasteiger partial charge < -0.3 is 10.7 Å². The van der Waals surface area contributed by atoms with E-state index >= 15 is 0 Å². The summed E-state index contributed by atoms with van der Waals surface area (Å²) in [4.78, 5) is 20.1. The maximum absolute atomic E-state index is 13.5. The zero-order valence-electron chi connectivity index (χ0n) is 10.9. The highest BCUT2D eigenvalue weighted by atomic mass is 19.1. The average molecular weight is 275 g/mol. The molecule has 0 radical (unpaired) electrons. The van der Waals surface area contributed by atoms with Crippen molar-refractivity contribution < 1.29 is 9.18 Å². The minimum absolute atomic E-state index is 0.0381. The van der Waals surface area contributed by atoms with E-state index in [-0.39, 0.29) is 17.8 Å². The zero-order valence-corrected chi connectivity index (χ0v) is 10.9. The number of amides is 1. The van der Waals surface area contributed by atoms with Crippen molar-refractivity contribution in [3.8, 4) is 0 Å². The standard InChI is InChI=1S/C13H14FN5O/c1-8-16-6-5-9(18-8)7-17-13(20)10-3-2-4-11(14)12(10)19-15/h2-6,19H,7,15H2,1H3,(H,17,20). The summed E-state index contributed by atoms with van der Waals surface area (Å²) in [6.45, 7) is 1.98. The van der Waals surface area contributed by atoms with E-state index in [2.05, 4.69) is 20.7 Å². The van der Waals surface area contributed by atoms with Gasteiger partial charge in [-0.05, 0) is 25.1 Å². The van der Waals surface area contributed by atoms with Crippen LogP contribution in [0, 0.1) is 12.7 Å². The Hall–Kier alpha value is -2.54. The second-order valence-corrected chi connectivity index (χ2v) is 4.08. The lowest BCUT2D eigenvalue weighted by Gasteiger charge is -2.10. The first-order valence-corrected chi connectivity index (χ1v) is 5.93. The molecule has 2 rings (SSSR count). The molecule has 0 saturated heterocycles. The van der Waals surface area contributed by atoms with Gasteiger partial charge in [0.25, 0.3) is 5.91 Å². The number of halogens is 1. The van der Waals surface area contributed by atoms with E-state index in [0.29, 0.717) is 11.5 Å². The number of nitrogens with two attached hydrogens (primary N) is 1. The Bertz CT molecular complexity index is 632. The molecule has 1 aromatic heterocycles. The number of hydrazine groups is 1. The van der Waals surface area contributed by atoms with Crippen LogP contribution in [0.25, 0.3) is 0 Å². The van der Waals surface area contributed by atoms with E-state index in [1.54, 1.807) is 19.2 Å². The lowest BCUT2D eigenvalue weighted by molar-refractivity contribution is 0.0950. The summed E-state index contributed by atoms with van der Waals surface area (Å²) in [6, 6.07) is 5.85. The fraction of sp³-hybridized carbons (Fsp3) is 0.154. The van der Waals surface area contributed by atoms with Gasteiger partial charge in [-0.2, -0.15) is 0 Å². The van der Waals surface area contributed by atoms with Gasteiger partial charge in [0.1, 0.15) is 11.6 Å². The van der Waals surface area contributed by atoms with Gasteiger partial charge in [0.2, 0.25) is 0 Å². The van der Waals surface area contributed by atoms with Crippen LogP contribution in [0.1, 0.15) is 21.9 Å².